The highest BCUT2D eigenvalue weighted by Crippen LogP contribution is 2.24. The van der Waals surface area contributed by atoms with Gasteiger partial charge in [-0.3, -0.25) is 14.5 Å². The third-order valence-electron chi connectivity index (χ3n) is 6.34. The van der Waals surface area contributed by atoms with Gasteiger partial charge in [0, 0.05) is 45.5 Å². The van der Waals surface area contributed by atoms with Crippen LogP contribution in [0.2, 0.25) is 0 Å². The molecule has 1 unspecified atom stereocenters. The van der Waals surface area contributed by atoms with Crippen molar-refractivity contribution < 1.29 is 19.1 Å². The normalized spacial score (nSPS) is 25.3. The van der Waals surface area contributed by atoms with Crippen molar-refractivity contribution in [3.8, 4) is 0 Å². The summed E-state index contributed by atoms with van der Waals surface area (Å²) >= 11 is 0. The summed E-state index contributed by atoms with van der Waals surface area (Å²) in [6.07, 6.45) is 8.59. The Morgan fingerprint density at radius 2 is 1.68 bits per heavy atom. The summed E-state index contributed by atoms with van der Waals surface area (Å²) in [6.45, 7) is 5.55. The first kappa shape index (κ1) is 21.5. The molecule has 0 aromatic heterocycles. The maximum absolute atomic E-state index is 13.0. The molecule has 1 atom stereocenters. The van der Waals surface area contributed by atoms with Gasteiger partial charge in [-0.15, -0.1) is 0 Å². The van der Waals surface area contributed by atoms with E-state index in [1.54, 1.807) is 7.11 Å². The van der Waals surface area contributed by atoms with Gasteiger partial charge in [0.25, 0.3) is 0 Å². The molecule has 0 saturated carbocycles. The second-order valence-corrected chi connectivity index (χ2v) is 8.40. The van der Waals surface area contributed by atoms with E-state index in [9.17, 15) is 9.59 Å². The van der Waals surface area contributed by atoms with Crippen LogP contribution in [0, 0.1) is 0 Å². The number of methoxy groups -OCH3 is 1. The molecule has 3 heterocycles. The fraction of sp³-hybridized carbons (Fsp3) is 0.905. The Hall–Kier alpha value is -1.18. The Bertz CT molecular complexity index is 502. The number of likely N-dealkylation sites (tertiary alicyclic amines) is 2. The fourth-order valence-electron chi connectivity index (χ4n) is 4.86. The van der Waals surface area contributed by atoms with Crippen LogP contribution >= 0.6 is 0 Å². The molecule has 0 N–H and O–H groups in total. The van der Waals surface area contributed by atoms with Crippen molar-refractivity contribution in [2.75, 3.05) is 59.7 Å². The van der Waals surface area contributed by atoms with Gasteiger partial charge in [0.05, 0.1) is 6.54 Å². The molecular weight excluding hydrogens is 358 g/mol. The maximum atomic E-state index is 13.0. The van der Waals surface area contributed by atoms with Crippen LogP contribution in [0.3, 0.4) is 0 Å². The van der Waals surface area contributed by atoms with Crippen LogP contribution in [0.25, 0.3) is 0 Å². The first-order chi connectivity index (χ1) is 13.7. The van der Waals surface area contributed by atoms with Crippen LogP contribution in [0.5, 0.6) is 0 Å². The average Bonchev–Trinajstić information content (AvgIpc) is 2.98. The highest BCUT2D eigenvalue weighted by atomic mass is 16.5. The summed E-state index contributed by atoms with van der Waals surface area (Å²) in [5.74, 6) is 0.263. The molecule has 3 rings (SSSR count). The zero-order chi connectivity index (χ0) is 19.8. The molecule has 3 aliphatic heterocycles. The zero-order valence-corrected chi connectivity index (χ0v) is 17.4. The van der Waals surface area contributed by atoms with Crippen molar-refractivity contribution in [1.82, 2.24) is 14.7 Å². The number of rotatable bonds is 6. The van der Waals surface area contributed by atoms with E-state index in [0.29, 0.717) is 26.3 Å². The molecule has 3 saturated heterocycles. The molecule has 2 amide bonds. The Labute approximate surface area is 169 Å². The van der Waals surface area contributed by atoms with Gasteiger partial charge in [0.2, 0.25) is 11.8 Å². The number of piperidine rings is 1. The van der Waals surface area contributed by atoms with Gasteiger partial charge in [-0.05, 0) is 51.6 Å². The van der Waals surface area contributed by atoms with E-state index in [1.165, 1.54) is 25.7 Å². The summed E-state index contributed by atoms with van der Waals surface area (Å²) in [5, 5.41) is 0. The summed E-state index contributed by atoms with van der Waals surface area (Å²) in [6, 6.07) is 0.287. The third kappa shape index (κ3) is 5.91. The Morgan fingerprint density at radius 3 is 2.36 bits per heavy atom. The minimum absolute atomic E-state index is 0.0428. The van der Waals surface area contributed by atoms with E-state index in [1.807, 2.05) is 9.80 Å². The Balaban J connectivity index is 1.61. The molecule has 0 aliphatic carbocycles. The first-order valence-corrected chi connectivity index (χ1v) is 11.1. The molecule has 160 valence electrons. The highest BCUT2D eigenvalue weighted by Gasteiger charge is 2.35. The lowest BCUT2D eigenvalue weighted by molar-refractivity contribution is -0.147. The predicted octanol–water partition coefficient (Wildman–Crippen LogP) is 1.51. The van der Waals surface area contributed by atoms with E-state index < -0.39 is 0 Å². The number of nitrogens with zero attached hydrogens (tertiary/aromatic N) is 3. The standard InChI is InChI=1S/C21H37N3O4/c1-27-17-21(26)24(18-8-13-28-14-9-18)19-7-6-12-23(15-19)20(25)16-22-10-4-2-3-5-11-22/h18-19H,2-17H2,1H3. The van der Waals surface area contributed by atoms with E-state index in [4.69, 9.17) is 9.47 Å². The lowest BCUT2D eigenvalue weighted by Gasteiger charge is -2.44. The number of hydrogen-bond donors (Lipinski definition) is 0. The maximum Gasteiger partial charge on any atom is 0.249 e. The van der Waals surface area contributed by atoms with Crippen LogP contribution in [0.4, 0.5) is 0 Å². The quantitative estimate of drug-likeness (QED) is 0.682. The van der Waals surface area contributed by atoms with Crippen LogP contribution in [0.1, 0.15) is 51.4 Å². The van der Waals surface area contributed by atoms with Gasteiger partial charge < -0.3 is 19.3 Å². The Morgan fingerprint density at radius 1 is 0.964 bits per heavy atom. The zero-order valence-electron chi connectivity index (χ0n) is 17.4. The van der Waals surface area contributed by atoms with Gasteiger partial charge in [0.1, 0.15) is 6.61 Å². The highest BCUT2D eigenvalue weighted by molar-refractivity contribution is 5.80. The topological polar surface area (TPSA) is 62.3 Å². The van der Waals surface area contributed by atoms with Crippen molar-refractivity contribution in [3.63, 3.8) is 0 Å². The fourth-order valence-corrected chi connectivity index (χ4v) is 4.86. The summed E-state index contributed by atoms with van der Waals surface area (Å²) < 4.78 is 10.6. The molecule has 28 heavy (non-hydrogen) atoms. The largest absolute Gasteiger partial charge is 0.381 e. The van der Waals surface area contributed by atoms with Crippen molar-refractivity contribution in [2.45, 2.75) is 63.5 Å². The van der Waals surface area contributed by atoms with E-state index in [0.717, 1.165) is 45.3 Å². The molecule has 0 spiro atoms. The van der Waals surface area contributed by atoms with Crippen LogP contribution in [0.15, 0.2) is 0 Å². The number of carbonyl (C=O) groups excluding carboxylic acids is 2. The molecule has 7 heteroatoms. The molecule has 0 aromatic carbocycles. The number of ether oxygens (including phenoxy) is 2. The summed E-state index contributed by atoms with van der Waals surface area (Å²) in [7, 11) is 1.57. The van der Waals surface area contributed by atoms with Crippen LogP contribution in [-0.2, 0) is 19.1 Å². The number of hydrogen-bond acceptors (Lipinski definition) is 5. The van der Waals surface area contributed by atoms with Crippen molar-refractivity contribution in [2.24, 2.45) is 0 Å². The van der Waals surface area contributed by atoms with Crippen molar-refractivity contribution >= 4 is 11.8 Å². The monoisotopic (exact) mass is 395 g/mol. The summed E-state index contributed by atoms with van der Waals surface area (Å²) in [5.41, 5.74) is 0. The van der Waals surface area contributed by atoms with Crippen LogP contribution in [-0.4, -0.2) is 98.3 Å². The molecule has 3 aliphatic rings. The lowest BCUT2D eigenvalue weighted by atomic mass is 9.98. The smallest absolute Gasteiger partial charge is 0.249 e. The SMILES string of the molecule is COCC(=O)N(C1CCOCC1)C1CCCN(C(=O)CN2CCCCCC2)C1. The molecular formula is C21H37N3O4. The number of amides is 2. The van der Waals surface area contributed by atoms with Gasteiger partial charge in [-0.2, -0.15) is 0 Å². The molecule has 0 bridgehead atoms. The van der Waals surface area contributed by atoms with E-state index >= 15 is 0 Å². The second-order valence-electron chi connectivity index (χ2n) is 8.40. The van der Waals surface area contributed by atoms with E-state index in [-0.39, 0.29) is 30.5 Å². The van der Waals surface area contributed by atoms with Gasteiger partial charge in [-0.1, -0.05) is 12.8 Å². The Kier molecular flexibility index (Phi) is 8.55. The van der Waals surface area contributed by atoms with E-state index in [2.05, 4.69) is 4.90 Å². The van der Waals surface area contributed by atoms with Gasteiger partial charge in [0.15, 0.2) is 0 Å². The third-order valence-corrected chi connectivity index (χ3v) is 6.34. The minimum atomic E-state index is 0.0428. The van der Waals surface area contributed by atoms with Gasteiger partial charge >= 0.3 is 0 Å². The average molecular weight is 396 g/mol. The summed E-state index contributed by atoms with van der Waals surface area (Å²) in [4.78, 5) is 32.1. The second kappa shape index (κ2) is 11.1. The minimum Gasteiger partial charge on any atom is -0.381 e. The number of carbonyl (C=O) groups is 2. The van der Waals surface area contributed by atoms with Crippen LogP contribution < -0.4 is 0 Å². The lowest BCUT2D eigenvalue weighted by Crippen LogP contribution is -2.57. The molecule has 3 fully saturated rings. The van der Waals surface area contributed by atoms with Crippen molar-refractivity contribution in [1.29, 1.82) is 0 Å². The molecule has 0 aromatic rings. The molecule has 0 radical (unpaired) electrons. The molecule has 7 nitrogen and oxygen atoms in total. The first-order valence-electron chi connectivity index (χ1n) is 11.1. The predicted molar refractivity (Wildman–Crippen MR) is 107 cm³/mol. The van der Waals surface area contributed by atoms with Crippen molar-refractivity contribution in [3.05, 3.63) is 0 Å². The van der Waals surface area contributed by atoms with Gasteiger partial charge in [-0.25, -0.2) is 0 Å².